The lowest BCUT2D eigenvalue weighted by Crippen LogP contribution is -2.47. The van der Waals surface area contributed by atoms with Crippen molar-refractivity contribution in [3.8, 4) is 0 Å². The molecule has 1 aliphatic heterocycles. The average molecular weight is 261 g/mol. The van der Waals surface area contributed by atoms with Crippen molar-refractivity contribution in [3.63, 3.8) is 0 Å². The molecule has 0 aliphatic carbocycles. The summed E-state index contributed by atoms with van der Waals surface area (Å²) in [6.07, 6.45) is 3.05. The number of piperidine rings is 1. The van der Waals surface area contributed by atoms with Gasteiger partial charge in [0, 0.05) is 19.1 Å². The minimum absolute atomic E-state index is 0.102. The normalized spacial score (nSPS) is 20.2. The Labute approximate surface area is 115 Å². The number of rotatable bonds is 5. The summed E-state index contributed by atoms with van der Waals surface area (Å²) in [6.45, 7) is 3.00. The van der Waals surface area contributed by atoms with Crippen LogP contribution in [0.15, 0.2) is 30.3 Å². The number of nitrogens with zero attached hydrogens (tertiary/aromatic N) is 1. The van der Waals surface area contributed by atoms with Crippen LogP contribution in [-0.2, 0) is 11.2 Å². The highest BCUT2D eigenvalue weighted by Gasteiger charge is 2.18. The summed E-state index contributed by atoms with van der Waals surface area (Å²) in [4.78, 5) is 14.0. The third kappa shape index (κ3) is 5.01. The summed E-state index contributed by atoms with van der Waals surface area (Å²) in [5, 5.41) is 2.97. The van der Waals surface area contributed by atoms with E-state index < -0.39 is 0 Å². The van der Waals surface area contributed by atoms with Crippen LogP contribution in [-0.4, -0.2) is 43.0 Å². The summed E-state index contributed by atoms with van der Waals surface area (Å²) in [5.74, 6) is 0.102. The maximum atomic E-state index is 11.8. The van der Waals surface area contributed by atoms with E-state index in [1.807, 2.05) is 18.2 Å². The minimum Gasteiger partial charge on any atom is -0.355 e. The minimum atomic E-state index is 0.102. The lowest BCUT2D eigenvalue weighted by molar-refractivity contribution is -0.122. The molecule has 1 fully saturated rings. The SMILES string of the molecule is NC1CCCN(CC(=O)NCCc2ccccc2)C1. The first-order valence-electron chi connectivity index (χ1n) is 7.02. The number of likely N-dealkylation sites (tertiary alicyclic amines) is 1. The molecule has 0 saturated carbocycles. The third-order valence-electron chi connectivity index (χ3n) is 3.49. The van der Waals surface area contributed by atoms with Gasteiger partial charge in [0.15, 0.2) is 0 Å². The molecule has 0 bridgehead atoms. The topological polar surface area (TPSA) is 58.4 Å². The van der Waals surface area contributed by atoms with Gasteiger partial charge in [0.1, 0.15) is 0 Å². The number of amides is 1. The second-order valence-corrected chi connectivity index (χ2v) is 5.22. The predicted molar refractivity (Wildman–Crippen MR) is 76.8 cm³/mol. The Morgan fingerprint density at radius 1 is 1.37 bits per heavy atom. The van der Waals surface area contributed by atoms with Crippen LogP contribution in [0.2, 0.25) is 0 Å². The molecule has 104 valence electrons. The molecule has 1 aromatic rings. The molecule has 2 rings (SSSR count). The quantitative estimate of drug-likeness (QED) is 0.823. The molecular formula is C15H23N3O. The predicted octanol–water partition coefficient (Wildman–Crippen LogP) is 0.768. The van der Waals surface area contributed by atoms with E-state index in [2.05, 4.69) is 22.3 Å². The van der Waals surface area contributed by atoms with Gasteiger partial charge in [-0.15, -0.1) is 0 Å². The van der Waals surface area contributed by atoms with Crippen molar-refractivity contribution in [2.75, 3.05) is 26.2 Å². The van der Waals surface area contributed by atoms with Gasteiger partial charge in [0.05, 0.1) is 6.54 Å². The first-order valence-corrected chi connectivity index (χ1v) is 7.02. The van der Waals surface area contributed by atoms with Crippen LogP contribution in [0.25, 0.3) is 0 Å². The van der Waals surface area contributed by atoms with Crippen molar-refractivity contribution >= 4 is 5.91 Å². The molecule has 1 heterocycles. The van der Waals surface area contributed by atoms with Crippen LogP contribution < -0.4 is 11.1 Å². The van der Waals surface area contributed by atoms with Gasteiger partial charge in [0.2, 0.25) is 5.91 Å². The van der Waals surface area contributed by atoms with E-state index >= 15 is 0 Å². The summed E-state index contributed by atoms with van der Waals surface area (Å²) >= 11 is 0. The van der Waals surface area contributed by atoms with E-state index in [0.717, 1.165) is 32.4 Å². The van der Waals surface area contributed by atoms with E-state index in [9.17, 15) is 4.79 Å². The number of hydrogen-bond donors (Lipinski definition) is 2. The van der Waals surface area contributed by atoms with Gasteiger partial charge < -0.3 is 11.1 Å². The number of benzene rings is 1. The molecule has 1 amide bonds. The van der Waals surface area contributed by atoms with Crippen molar-refractivity contribution in [1.29, 1.82) is 0 Å². The Balaban J connectivity index is 1.64. The fraction of sp³-hybridized carbons (Fsp3) is 0.533. The number of hydrogen-bond acceptors (Lipinski definition) is 3. The van der Waals surface area contributed by atoms with E-state index in [-0.39, 0.29) is 11.9 Å². The van der Waals surface area contributed by atoms with Crippen molar-refractivity contribution in [2.45, 2.75) is 25.3 Å². The number of nitrogens with one attached hydrogen (secondary N) is 1. The van der Waals surface area contributed by atoms with Gasteiger partial charge in [0.25, 0.3) is 0 Å². The monoisotopic (exact) mass is 261 g/mol. The second kappa shape index (κ2) is 7.26. The third-order valence-corrected chi connectivity index (χ3v) is 3.49. The van der Waals surface area contributed by atoms with Crippen molar-refractivity contribution < 1.29 is 4.79 Å². The standard InChI is InChI=1S/C15H23N3O/c16-14-7-4-10-18(11-14)12-15(19)17-9-8-13-5-2-1-3-6-13/h1-3,5-6,14H,4,7-12,16H2,(H,17,19). The maximum absolute atomic E-state index is 11.8. The molecular weight excluding hydrogens is 238 g/mol. The van der Waals surface area contributed by atoms with Gasteiger partial charge >= 0.3 is 0 Å². The van der Waals surface area contributed by atoms with Gasteiger partial charge in [-0.25, -0.2) is 0 Å². The highest BCUT2D eigenvalue weighted by atomic mass is 16.2. The first kappa shape index (κ1) is 14.0. The average Bonchev–Trinajstić information content (AvgIpc) is 2.40. The molecule has 1 saturated heterocycles. The molecule has 3 N–H and O–H groups in total. The van der Waals surface area contributed by atoms with Crippen LogP contribution >= 0.6 is 0 Å². The Hall–Kier alpha value is -1.39. The Bertz CT molecular complexity index is 394. The smallest absolute Gasteiger partial charge is 0.234 e. The summed E-state index contributed by atoms with van der Waals surface area (Å²) < 4.78 is 0. The highest BCUT2D eigenvalue weighted by molar-refractivity contribution is 5.78. The molecule has 0 aromatic heterocycles. The van der Waals surface area contributed by atoms with E-state index in [4.69, 9.17) is 5.73 Å². The highest BCUT2D eigenvalue weighted by Crippen LogP contribution is 2.07. The van der Waals surface area contributed by atoms with Crippen LogP contribution in [0.3, 0.4) is 0 Å². The van der Waals surface area contributed by atoms with E-state index in [0.29, 0.717) is 13.1 Å². The van der Waals surface area contributed by atoms with Crippen LogP contribution in [0, 0.1) is 0 Å². The number of carbonyl (C=O) groups is 1. The molecule has 1 unspecified atom stereocenters. The summed E-state index contributed by atoms with van der Waals surface area (Å²) in [6, 6.07) is 10.4. The molecule has 4 nitrogen and oxygen atoms in total. The molecule has 1 atom stereocenters. The molecule has 0 radical (unpaired) electrons. The molecule has 1 aromatic carbocycles. The molecule has 4 heteroatoms. The fourth-order valence-corrected chi connectivity index (χ4v) is 2.48. The van der Waals surface area contributed by atoms with Crippen molar-refractivity contribution in [2.24, 2.45) is 5.73 Å². The first-order chi connectivity index (χ1) is 9.24. The largest absolute Gasteiger partial charge is 0.355 e. The van der Waals surface area contributed by atoms with Crippen LogP contribution in [0.4, 0.5) is 0 Å². The zero-order valence-electron chi connectivity index (χ0n) is 11.3. The van der Waals surface area contributed by atoms with Crippen molar-refractivity contribution in [1.82, 2.24) is 10.2 Å². The Morgan fingerprint density at radius 2 is 2.16 bits per heavy atom. The zero-order chi connectivity index (χ0) is 13.5. The van der Waals surface area contributed by atoms with E-state index in [1.54, 1.807) is 0 Å². The lowest BCUT2D eigenvalue weighted by atomic mass is 10.1. The summed E-state index contributed by atoms with van der Waals surface area (Å²) in [5.41, 5.74) is 7.16. The summed E-state index contributed by atoms with van der Waals surface area (Å²) in [7, 11) is 0. The second-order valence-electron chi connectivity index (χ2n) is 5.22. The molecule has 0 spiro atoms. The van der Waals surface area contributed by atoms with Crippen LogP contribution in [0.5, 0.6) is 0 Å². The fourth-order valence-electron chi connectivity index (χ4n) is 2.48. The molecule has 1 aliphatic rings. The van der Waals surface area contributed by atoms with Gasteiger partial charge in [-0.05, 0) is 31.4 Å². The zero-order valence-corrected chi connectivity index (χ0v) is 11.3. The Morgan fingerprint density at radius 3 is 2.89 bits per heavy atom. The van der Waals surface area contributed by atoms with Gasteiger partial charge in [-0.2, -0.15) is 0 Å². The van der Waals surface area contributed by atoms with Gasteiger partial charge in [-0.1, -0.05) is 30.3 Å². The number of carbonyl (C=O) groups excluding carboxylic acids is 1. The lowest BCUT2D eigenvalue weighted by Gasteiger charge is -2.29. The van der Waals surface area contributed by atoms with Crippen LogP contribution in [0.1, 0.15) is 18.4 Å². The van der Waals surface area contributed by atoms with Gasteiger partial charge in [-0.3, -0.25) is 9.69 Å². The van der Waals surface area contributed by atoms with E-state index in [1.165, 1.54) is 5.56 Å². The maximum Gasteiger partial charge on any atom is 0.234 e. The Kier molecular flexibility index (Phi) is 5.36. The molecule has 19 heavy (non-hydrogen) atoms. The van der Waals surface area contributed by atoms with Crippen molar-refractivity contribution in [3.05, 3.63) is 35.9 Å². The number of nitrogens with two attached hydrogens (primary N) is 1.